The molecule has 0 aromatic heterocycles. The maximum atomic E-state index is 12.5. The Morgan fingerprint density at radius 3 is 2.07 bits per heavy atom. The van der Waals surface area contributed by atoms with Crippen LogP contribution in [0, 0.1) is 0 Å². The average molecular weight is 382 g/mol. The van der Waals surface area contributed by atoms with E-state index < -0.39 is 23.9 Å². The molecule has 2 aromatic rings. The first kappa shape index (κ1) is 20.5. The van der Waals surface area contributed by atoms with E-state index in [4.69, 9.17) is 16.2 Å². The van der Waals surface area contributed by atoms with Gasteiger partial charge in [-0.15, -0.1) is 0 Å². The smallest absolute Gasteiger partial charge is 0.408 e. The van der Waals surface area contributed by atoms with Crippen LogP contribution in [-0.2, 0) is 27.4 Å². The minimum absolute atomic E-state index is 0.0571. The van der Waals surface area contributed by atoms with Gasteiger partial charge in [-0.3, -0.25) is 9.59 Å². The van der Waals surface area contributed by atoms with Gasteiger partial charge in [0.2, 0.25) is 5.91 Å². The van der Waals surface area contributed by atoms with Gasteiger partial charge in [-0.2, -0.15) is 0 Å². The highest BCUT2D eigenvalue weighted by Gasteiger charge is 2.23. The number of hydrogen-bond donors (Lipinski definition) is 4. The van der Waals surface area contributed by atoms with Gasteiger partial charge < -0.3 is 26.8 Å². The summed E-state index contributed by atoms with van der Waals surface area (Å²) in [5.74, 6) is -1.53. The summed E-state index contributed by atoms with van der Waals surface area (Å²) < 4.78 is 5.16. The molecule has 0 aliphatic carbocycles. The number of ether oxygens (including phenoxy) is 1. The molecule has 1 unspecified atom stereocenters. The number of nitrogens with two attached hydrogens (primary N) is 2. The summed E-state index contributed by atoms with van der Waals surface area (Å²) in [6, 6.07) is 17.2. The number of alkyl carbamates (subject to hydrolysis) is 1. The van der Waals surface area contributed by atoms with E-state index >= 15 is 0 Å². The van der Waals surface area contributed by atoms with Gasteiger partial charge in [0.25, 0.3) is 5.91 Å². The van der Waals surface area contributed by atoms with E-state index in [9.17, 15) is 14.4 Å². The van der Waals surface area contributed by atoms with Gasteiger partial charge in [-0.1, -0.05) is 60.7 Å². The molecule has 0 aliphatic heterocycles. The van der Waals surface area contributed by atoms with Gasteiger partial charge in [-0.05, 0) is 11.1 Å². The highest BCUT2D eigenvalue weighted by atomic mass is 16.5. The molecule has 8 nitrogen and oxygen atoms in total. The fraction of sp³-hybridized carbons (Fsp3) is 0.150. The van der Waals surface area contributed by atoms with Crippen LogP contribution in [0.2, 0.25) is 0 Å². The van der Waals surface area contributed by atoms with Crippen molar-refractivity contribution in [3.8, 4) is 0 Å². The van der Waals surface area contributed by atoms with Crippen molar-refractivity contribution in [2.75, 3.05) is 0 Å². The van der Waals surface area contributed by atoms with Crippen molar-refractivity contribution < 1.29 is 19.1 Å². The monoisotopic (exact) mass is 382 g/mol. The number of carbonyl (C=O) groups excluding carboxylic acids is 3. The molecule has 3 amide bonds. The minimum Gasteiger partial charge on any atom is -0.445 e. The van der Waals surface area contributed by atoms with Crippen LogP contribution in [0.15, 0.2) is 72.6 Å². The van der Waals surface area contributed by atoms with Crippen LogP contribution in [0.25, 0.3) is 0 Å². The van der Waals surface area contributed by atoms with Crippen LogP contribution in [0.4, 0.5) is 4.79 Å². The number of nitrogens with one attached hydrogen (secondary N) is 2. The molecule has 2 aromatic carbocycles. The Balaban J connectivity index is 2.05. The number of hydrogen-bond acceptors (Lipinski definition) is 5. The summed E-state index contributed by atoms with van der Waals surface area (Å²) in [5.41, 5.74) is 11.8. The first-order chi connectivity index (χ1) is 13.5. The standard InChI is InChI=1S/C20H22N4O4/c21-12-17(18(22)25)23-19(26)16(11-14-7-3-1-4-8-14)24-20(27)28-13-15-9-5-2-6-10-15/h1-10,12,16H,11,13,21H2,(H2,22,25)(H,23,26)(H,24,27)/b17-12-. The highest BCUT2D eigenvalue weighted by molar-refractivity contribution is 5.98. The second-order valence-electron chi connectivity index (χ2n) is 5.88. The maximum Gasteiger partial charge on any atom is 0.408 e. The van der Waals surface area contributed by atoms with Crippen molar-refractivity contribution in [3.63, 3.8) is 0 Å². The van der Waals surface area contributed by atoms with Crippen molar-refractivity contribution in [3.05, 3.63) is 83.7 Å². The topological polar surface area (TPSA) is 137 Å². The number of carbonyl (C=O) groups is 3. The molecule has 0 fully saturated rings. The van der Waals surface area contributed by atoms with E-state index in [0.717, 1.165) is 17.3 Å². The molecule has 6 N–H and O–H groups in total. The second kappa shape index (κ2) is 10.4. The molecule has 0 heterocycles. The third-order valence-corrected chi connectivity index (χ3v) is 3.79. The van der Waals surface area contributed by atoms with E-state index in [1.54, 1.807) is 0 Å². The van der Waals surface area contributed by atoms with Crippen LogP contribution in [0.1, 0.15) is 11.1 Å². The van der Waals surface area contributed by atoms with Gasteiger partial charge in [0.1, 0.15) is 18.3 Å². The second-order valence-corrected chi connectivity index (χ2v) is 5.88. The maximum absolute atomic E-state index is 12.5. The van der Waals surface area contributed by atoms with Crippen molar-refractivity contribution in [1.29, 1.82) is 0 Å². The van der Waals surface area contributed by atoms with Crippen LogP contribution in [-0.4, -0.2) is 23.9 Å². The fourth-order valence-corrected chi connectivity index (χ4v) is 2.37. The average Bonchev–Trinajstić information content (AvgIpc) is 2.71. The zero-order chi connectivity index (χ0) is 20.4. The zero-order valence-corrected chi connectivity index (χ0v) is 15.1. The third-order valence-electron chi connectivity index (χ3n) is 3.79. The summed E-state index contributed by atoms with van der Waals surface area (Å²) >= 11 is 0. The van der Waals surface area contributed by atoms with Gasteiger partial charge in [-0.25, -0.2) is 4.79 Å². The van der Waals surface area contributed by atoms with Crippen LogP contribution in [0.5, 0.6) is 0 Å². The largest absolute Gasteiger partial charge is 0.445 e. The molecule has 0 aliphatic rings. The van der Waals surface area contributed by atoms with Crippen LogP contribution < -0.4 is 22.1 Å². The van der Waals surface area contributed by atoms with Gasteiger partial charge in [0, 0.05) is 12.6 Å². The summed E-state index contributed by atoms with van der Waals surface area (Å²) in [4.78, 5) is 36.0. The van der Waals surface area contributed by atoms with Gasteiger partial charge in [0.05, 0.1) is 0 Å². The Kier molecular flexibility index (Phi) is 7.59. The SMILES string of the molecule is N/C=C(\NC(=O)C(Cc1ccccc1)NC(=O)OCc1ccccc1)C(N)=O. The lowest BCUT2D eigenvalue weighted by atomic mass is 10.1. The Bertz CT molecular complexity index is 838. The molecule has 2 rings (SSSR count). The first-order valence-corrected chi connectivity index (χ1v) is 8.53. The predicted octanol–water partition coefficient (Wildman–Crippen LogP) is 0.926. The van der Waals surface area contributed by atoms with Crippen molar-refractivity contribution in [2.24, 2.45) is 11.5 Å². The van der Waals surface area contributed by atoms with Crippen LogP contribution in [0.3, 0.4) is 0 Å². The third kappa shape index (κ3) is 6.49. The van der Waals surface area contributed by atoms with Crippen LogP contribution >= 0.6 is 0 Å². The molecule has 0 saturated heterocycles. The molecule has 0 saturated carbocycles. The van der Waals surface area contributed by atoms with Gasteiger partial charge in [0.15, 0.2) is 0 Å². The summed E-state index contributed by atoms with van der Waals surface area (Å²) in [5, 5.41) is 4.83. The van der Waals surface area contributed by atoms with E-state index in [1.807, 2.05) is 60.7 Å². The normalized spacial score (nSPS) is 11.9. The van der Waals surface area contributed by atoms with Gasteiger partial charge >= 0.3 is 6.09 Å². The van der Waals surface area contributed by atoms with Crippen molar-refractivity contribution in [2.45, 2.75) is 19.1 Å². The Morgan fingerprint density at radius 2 is 1.54 bits per heavy atom. The number of benzene rings is 2. The zero-order valence-electron chi connectivity index (χ0n) is 15.1. The molecular weight excluding hydrogens is 360 g/mol. The summed E-state index contributed by atoms with van der Waals surface area (Å²) in [7, 11) is 0. The van der Waals surface area contributed by atoms with E-state index in [0.29, 0.717) is 0 Å². The van der Waals surface area contributed by atoms with Crippen molar-refractivity contribution >= 4 is 17.9 Å². The Hall–Kier alpha value is -3.81. The quantitative estimate of drug-likeness (QED) is 0.503. The predicted molar refractivity (Wildman–Crippen MR) is 103 cm³/mol. The van der Waals surface area contributed by atoms with Crippen molar-refractivity contribution in [1.82, 2.24) is 10.6 Å². The molecule has 0 radical (unpaired) electrons. The lowest BCUT2D eigenvalue weighted by Crippen LogP contribution is -2.49. The summed E-state index contributed by atoms with van der Waals surface area (Å²) in [6.07, 6.45) is 0.314. The van der Waals surface area contributed by atoms with E-state index in [2.05, 4.69) is 10.6 Å². The molecular formula is C20H22N4O4. The molecule has 8 heteroatoms. The van der Waals surface area contributed by atoms with E-state index in [1.165, 1.54) is 0 Å². The Morgan fingerprint density at radius 1 is 0.964 bits per heavy atom. The highest BCUT2D eigenvalue weighted by Crippen LogP contribution is 2.06. The lowest BCUT2D eigenvalue weighted by Gasteiger charge is -2.19. The number of amides is 3. The first-order valence-electron chi connectivity index (χ1n) is 8.53. The minimum atomic E-state index is -1.00. The molecule has 0 bridgehead atoms. The fourth-order valence-electron chi connectivity index (χ4n) is 2.37. The number of primary amides is 1. The molecule has 146 valence electrons. The number of rotatable bonds is 8. The van der Waals surface area contributed by atoms with E-state index in [-0.39, 0.29) is 18.7 Å². The molecule has 0 spiro atoms. The lowest BCUT2D eigenvalue weighted by molar-refractivity contribution is -0.124. The molecule has 1 atom stereocenters. The summed E-state index contributed by atoms with van der Waals surface area (Å²) in [6.45, 7) is 0.0571. The molecule has 28 heavy (non-hydrogen) atoms. The Labute approximate surface area is 162 Å².